The van der Waals surface area contributed by atoms with Gasteiger partial charge in [-0.15, -0.1) is 0 Å². The number of esters is 3. The van der Waals surface area contributed by atoms with Gasteiger partial charge in [0.25, 0.3) is 0 Å². The van der Waals surface area contributed by atoms with E-state index in [1.54, 1.807) is 18.2 Å². The molecule has 3 aliphatic heterocycles. The summed E-state index contributed by atoms with van der Waals surface area (Å²) in [6.45, 7) is -1.03. The molecule has 11 nitrogen and oxygen atoms in total. The van der Waals surface area contributed by atoms with Crippen LogP contribution in [-0.4, -0.2) is 68.4 Å². The number of carbonyl (C=O) groups excluding carboxylic acids is 3. The molecule has 4 heterocycles. The van der Waals surface area contributed by atoms with Crippen LogP contribution < -0.4 is 19.8 Å². The van der Waals surface area contributed by atoms with E-state index in [4.69, 9.17) is 42.1 Å². The van der Waals surface area contributed by atoms with Crippen LogP contribution in [0.15, 0.2) is 79.1 Å². The highest BCUT2D eigenvalue weighted by Crippen LogP contribution is 2.38. The van der Waals surface area contributed by atoms with E-state index >= 15 is 0 Å². The van der Waals surface area contributed by atoms with Crippen molar-refractivity contribution < 1.29 is 56.2 Å². The Balaban J connectivity index is 1.04. The third kappa shape index (κ3) is 10.7. The van der Waals surface area contributed by atoms with Crippen LogP contribution in [0.4, 0.5) is 18.9 Å². The fourth-order valence-electron chi connectivity index (χ4n) is 7.14. The third-order valence-corrected chi connectivity index (χ3v) is 11.1. The minimum atomic E-state index is -3.10. The Labute approximate surface area is 342 Å². The quantitative estimate of drug-likeness (QED) is 0.0831. The minimum Gasteiger partial charge on any atom is -0.489 e. The SMILES string of the molecule is O=C(COC(=O)c1cccc(NC(C(=O)O[C@H]2CN3CCC2CC3)c2cccc(F)c2)c1)O[C@@H](Cc1c(Cl)c[nH+]cc1Cl)c1ccc(OC(F)F)c(OCC2CC2)c1. The van der Waals surface area contributed by atoms with Gasteiger partial charge in [-0.05, 0) is 104 Å². The summed E-state index contributed by atoms with van der Waals surface area (Å²) >= 11 is 12.9. The molecular weight excluding hydrogens is 802 g/mol. The Hall–Kier alpha value is -5.05. The number of aromatic nitrogens is 1. The number of anilines is 1. The van der Waals surface area contributed by atoms with Crippen LogP contribution in [0.5, 0.6) is 11.5 Å². The molecule has 1 saturated carbocycles. The van der Waals surface area contributed by atoms with Gasteiger partial charge in [0.05, 0.1) is 12.2 Å². The number of rotatable bonds is 17. The number of nitrogens with one attached hydrogen (secondary N) is 2. The number of nitrogens with zero attached hydrogens (tertiary/aromatic N) is 1. The first-order chi connectivity index (χ1) is 28.0. The zero-order chi connectivity index (χ0) is 40.8. The van der Waals surface area contributed by atoms with Gasteiger partial charge >= 0.3 is 24.5 Å². The molecule has 2 N–H and O–H groups in total. The van der Waals surface area contributed by atoms with Crippen molar-refractivity contribution in [3.05, 3.63) is 117 Å². The molecule has 3 aromatic carbocycles. The van der Waals surface area contributed by atoms with Crippen LogP contribution in [0.25, 0.3) is 0 Å². The zero-order valence-electron chi connectivity index (χ0n) is 31.1. The maximum atomic E-state index is 14.4. The molecule has 2 bridgehead atoms. The van der Waals surface area contributed by atoms with Gasteiger partial charge in [-0.3, -0.25) is 4.90 Å². The number of halogens is 5. The first-order valence-corrected chi connectivity index (χ1v) is 19.7. The molecule has 8 rings (SSSR count). The second-order valence-electron chi connectivity index (χ2n) is 14.6. The van der Waals surface area contributed by atoms with Crippen LogP contribution in [-0.2, 0) is 30.2 Å². The van der Waals surface area contributed by atoms with Crippen molar-refractivity contribution >= 4 is 46.8 Å². The van der Waals surface area contributed by atoms with Crippen molar-refractivity contribution in [2.75, 3.05) is 38.2 Å². The Kier molecular flexibility index (Phi) is 13.2. The zero-order valence-corrected chi connectivity index (χ0v) is 32.7. The maximum Gasteiger partial charge on any atom is 0.387 e. The van der Waals surface area contributed by atoms with Crippen molar-refractivity contribution in [2.24, 2.45) is 11.8 Å². The average Bonchev–Trinajstić information content (AvgIpc) is 4.05. The smallest absolute Gasteiger partial charge is 0.387 e. The number of aromatic amines is 1. The first-order valence-electron chi connectivity index (χ1n) is 19.0. The Morgan fingerprint density at radius 3 is 2.34 bits per heavy atom. The number of H-pyrrole nitrogens is 1. The number of hydrogen-bond acceptors (Lipinski definition) is 10. The summed E-state index contributed by atoms with van der Waals surface area (Å²) in [5.41, 5.74) is 1.50. The van der Waals surface area contributed by atoms with E-state index < -0.39 is 49.1 Å². The molecule has 1 unspecified atom stereocenters. The van der Waals surface area contributed by atoms with Gasteiger partial charge in [-0.25, -0.2) is 23.8 Å². The van der Waals surface area contributed by atoms with Crippen molar-refractivity contribution in [1.82, 2.24) is 4.90 Å². The van der Waals surface area contributed by atoms with Crippen molar-refractivity contribution in [3.63, 3.8) is 0 Å². The number of benzene rings is 3. The topological polar surface area (TPSA) is 127 Å². The first kappa shape index (κ1) is 41.1. The number of fused-ring (bicyclic) bond motifs is 3. The fourth-order valence-corrected chi connectivity index (χ4v) is 7.67. The van der Waals surface area contributed by atoms with Gasteiger partial charge in [0.1, 0.15) is 28.1 Å². The molecule has 0 amide bonds. The predicted octanol–water partition coefficient (Wildman–Crippen LogP) is 7.81. The van der Waals surface area contributed by atoms with E-state index in [1.165, 1.54) is 60.9 Å². The summed E-state index contributed by atoms with van der Waals surface area (Å²) in [7, 11) is 0. The van der Waals surface area contributed by atoms with Crippen LogP contribution in [0.2, 0.25) is 10.0 Å². The highest BCUT2D eigenvalue weighted by Gasteiger charge is 2.38. The lowest BCUT2D eigenvalue weighted by atomic mass is 9.86. The molecule has 1 aliphatic carbocycles. The lowest BCUT2D eigenvalue weighted by Gasteiger charge is -2.44. The molecule has 4 aromatic rings. The summed E-state index contributed by atoms with van der Waals surface area (Å²) in [6, 6.07) is 14.8. The summed E-state index contributed by atoms with van der Waals surface area (Å²) in [4.78, 5) is 45.3. The lowest BCUT2D eigenvalue weighted by molar-refractivity contribution is -0.377. The van der Waals surface area contributed by atoms with Crippen molar-refractivity contribution in [3.8, 4) is 11.5 Å². The number of alkyl halides is 2. The van der Waals surface area contributed by atoms with E-state index in [0.717, 1.165) is 38.8 Å². The molecule has 3 saturated heterocycles. The van der Waals surface area contributed by atoms with E-state index in [1.807, 2.05) is 0 Å². The molecule has 58 heavy (non-hydrogen) atoms. The number of hydrogen-bond donors (Lipinski definition) is 1. The average molecular weight is 844 g/mol. The van der Waals surface area contributed by atoms with Crippen LogP contribution >= 0.6 is 23.2 Å². The molecule has 3 atom stereocenters. The third-order valence-electron chi connectivity index (χ3n) is 10.4. The number of piperidine rings is 3. The number of pyridine rings is 1. The Bertz CT molecular complexity index is 2100. The van der Waals surface area contributed by atoms with Crippen LogP contribution in [0.1, 0.15) is 64.9 Å². The predicted molar refractivity (Wildman–Crippen MR) is 205 cm³/mol. The number of ether oxygens (including phenoxy) is 5. The highest BCUT2D eigenvalue weighted by molar-refractivity contribution is 6.35. The van der Waals surface area contributed by atoms with E-state index in [0.29, 0.717) is 41.4 Å². The Morgan fingerprint density at radius 1 is 0.897 bits per heavy atom. The molecule has 4 fully saturated rings. The van der Waals surface area contributed by atoms with E-state index in [9.17, 15) is 27.6 Å². The van der Waals surface area contributed by atoms with Gasteiger partial charge in [0.15, 0.2) is 36.5 Å². The molecule has 16 heteroatoms. The van der Waals surface area contributed by atoms with Gasteiger partial charge in [-0.1, -0.05) is 47.5 Å². The Morgan fingerprint density at radius 2 is 1.66 bits per heavy atom. The van der Waals surface area contributed by atoms with E-state index in [2.05, 4.69) is 19.9 Å². The maximum absolute atomic E-state index is 14.4. The summed E-state index contributed by atoms with van der Waals surface area (Å²) in [6.07, 6.45) is 5.38. The molecule has 306 valence electrons. The van der Waals surface area contributed by atoms with Gasteiger partial charge in [0.2, 0.25) is 0 Å². The summed E-state index contributed by atoms with van der Waals surface area (Å²) < 4.78 is 68.5. The highest BCUT2D eigenvalue weighted by atomic mass is 35.5. The van der Waals surface area contributed by atoms with Crippen molar-refractivity contribution in [1.29, 1.82) is 0 Å². The minimum absolute atomic E-state index is 0.0363. The summed E-state index contributed by atoms with van der Waals surface area (Å²) in [5.74, 6) is -2.51. The second-order valence-corrected chi connectivity index (χ2v) is 15.4. The number of carbonyl (C=O) groups is 3. The van der Waals surface area contributed by atoms with E-state index in [-0.39, 0.29) is 45.6 Å². The van der Waals surface area contributed by atoms with Gasteiger partial charge in [-0.2, -0.15) is 8.78 Å². The monoisotopic (exact) mass is 842 g/mol. The molecule has 0 spiro atoms. The molecule has 1 aromatic heterocycles. The van der Waals surface area contributed by atoms with Crippen LogP contribution in [0, 0.1) is 17.7 Å². The molecule has 4 aliphatic rings. The van der Waals surface area contributed by atoms with Gasteiger partial charge in [0, 0.05) is 24.2 Å². The molecule has 0 radical (unpaired) electrons. The standard InChI is InChI=1S/C42H40Cl2F3N3O8/c43-32-19-48-20-33(44)31(32)18-35(26-9-10-34(58-42(46)47)36(17-26)54-22-24-7-8-24)56-38(51)23-55-40(52)28-4-2-6-30(16-28)49-39(27-3-1-5-29(45)15-27)41(53)57-37-21-50-13-11-25(37)12-14-50/h1-6,9-10,15-17,19-20,24-25,35,37,39,42,49H,7-8,11-14,18,21-23H2/p+1/t35-,37-,39?/m0/s1. The van der Waals surface area contributed by atoms with Crippen LogP contribution in [0.3, 0.4) is 0 Å². The van der Waals surface area contributed by atoms with Gasteiger partial charge < -0.3 is 29.0 Å². The lowest BCUT2D eigenvalue weighted by Crippen LogP contribution is -2.52. The normalized spacial score (nSPS) is 19.5. The fraction of sp³-hybridized carbons (Fsp3) is 0.381. The largest absolute Gasteiger partial charge is 0.489 e. The second kappa shape index (κ2) is 18.7. The molecular formula is C42H41Cl2F3N3O8+. The van der Waals surface area contributed by atoms with Crippen molar-refractivity contribution in [2.45, 2.75) is 57.0 Å². The summed E-state index contributed by atoms with van der Waals surface area (Å²) in [5, 5.41) is 3.60.